The highest BCUT2D eigenvalue weighted by Gasteiger charge is 2.19. The van der Waals surface area contributed by atoms with Gasteiger partial charge in [-0.3, -0.25) is 4.79 Å². The number of amides is 1. The van der Waals surface area contributed by atoms with Gasteiger partial charge < -0.3 is 10.2 Å². The molecule has 0 aromatic heterocycles. The Hall–Kier alpha value is -1.55. The highest BCUT2D eigenvalue weighted by atomic mass is 35.5. The maximum atomic E-state index is 12.7. The predicted molar refractivity (Wildman–Crippen MR) is 113 cm³/mol. The van der Waals surface area contributed by atoms with E-state index in [1.807, 2.05) is 48.5 Å². The van der Waals surface area contributed by atoms with Crippen LogP contribution in [0.2, 0.25) is 10.0 Å². The van der Waals surface area contributed by atoms with E-state index < -0.39 is 0 Å². The van der Waals surface area contributed by atoms with Crippen LogP contribution in [0.3, 0.4) is 0 Å². The summed E-state index contributed by atoms with van der Waals surface area (Å²) in [5, 5.41) is 4.33. The second kappa shape index (κ2) is 10.1. The van der Waals surface area contributed by atoms with E-state index in [9.17, 15) is 4.79 Å². The van der Waals surface area contributed by atoms with E-state index in [1.165, 1.54) is 25.7 Å². The minimum atomic E-state index is -0.0320. The number of likely N-dealkylation sites (tertiary alicyclic amines) is 1. The topological polar surface area (TPSA) is 32.3 Å². The molecule has 3 rings (SSSR count). The normalized spacial score (nSPS) is 16.5. The Balaban J connectivity index is 1.72. The van der Waals surface area contributed by atoms with Gasteiger partial charge >= 0.3 is 0 Å². The lowest BCUT2D eigenvalue weighted by atomic mass is 10.0. The Labute approximate surface area is 171 Å². The summed E-state index contributed by atoms with van der Waals surface area (Å²) in [6.07, 6.45) is 5.78. The Morgan fingerprint density at radius 3 is 2.33 bits per heavy atom. The van der Waals surface area contributed by atoms with Crippen molar-refractivity contribution in [3.8, 4) is 0 Å². The number of benzene rings is 2. The average Bonchev–Trinajstić information content (AvgIpc) is 2.94. The quantitative estimate of drug-likeness (QED) is 0.716. The minimum absolute atomic E-state index is 0.0213. The Morgan fingerprint density at radius 2 is 1.67 bits per heavy atom. The minimum Gasteiger partial charge on any atom is -0.348 e. The highest BCUT2D eigenvalue weighted by Crippen LogP contribution is 2.23. The third-order valence-electron chi connectivity index (χ3n) is 5.01. The van der Waals surface area contributed by atoms with Crippen molar-refractivity contribution in [3.05, 3.63) is 69.7 Å². The molecule has 3 nitrogen and oxygen atoms in total. The van der Waals surface area contributed by atoms with Crippen molar-refractivity contribution in [3.63, 3.8) is 0 Å². The van der Waals surface area contributed by atoms with Crippen LogP contribution in [-0.4, -0.2) is 36.5 Å². The summed E-state index contributed by atoms with van der Waals surface area (Å²) in [5.41, 5.74) is 1.77. The van der Waals surface area contributed by atoms with Crippen molar-refractivity contribution in [2.75, 3.05) is 19.6 Å². The second-order valence-corrected chi connectivity index (χ2v) is 8.02. The number of carbonyl (C=O) groups excluding carboxylic acids is 1. The summed E-state index contributed by atoms with van der Waals surface area (Å²) < 4.78 is 0. The standard InChI is InChI=1S/C22H26Cl2N2O/c23-20-11-10-17(15-21(20)24)14-19(16-26-12-6-1-2-7-13-26)25-22(27)18-8-4-3-5-9-18/h3-5,8-11,15,19H,1-2,6-7,12-14,16H2,(H,25,27). The summed E-state index contributed by atoms with van der Waals surface area (Å²) in [4.78, 5) is 15.2. The predicted octanol–water partition coefficient (Wildman–Crippen LogP) is 5.21. The molecule has 1 aliphatic rings. The number of hydrogen-bond donors (Lipinski definition) is 1. The number of carbonyl (C=O) groups is 1. The van der Waals surface area contributed by atoms with Crippen LogP contribution in [0.4, 0.5) is 0 Å². The lowest BCUT2D eigenvalue weighted by molar-refractivity contribution is 0.0924. The van der Waals surface area contributed by atoms with E-state index in [1.54, 1.807) is 0 Å². The Morgan fingerprint density at radius 1 is 0.963 bits per heavy atom. The van der Waals surface area contributed by atoms with Crippen LogP contribution < -0.4 is 5.32 Å². The lowest BCUT2D eigenvalue weighted by Gasteiger charge is -2.27. The second-order valence-electron chi connectivity index (χ2n) is 7.20. The molecule has 1 N–H and O–H groups in total. The van der Waals surface area contributed by atoms with Gasteiger partial charge in [0.1, 0.15) is 0 Å². The molecule has 1 amide bonds. The van der Waals surface area contributed by atoms with Gasteiger partial charge in [0.15, 0.2) is 0 Å². The number of rotatable bonds is 6. The molecule has 2 aromatic carbocycles. The molecule has 0 radical (unpaired) electrons. The van der Waals surface area contributed by atoms with Gasteiger partial charge in [0.05, 0.1) is 10.0 Å². The first-order valence-electron chi connectivity index (χ1n) is 9.64. The molecule has 0 bridgehead atoms. The monoisotopic (exact) mass is 404 g/mol. The van der Waals surface area contributed by atoms with E-state index >= 15 is 0 Å². The van der Waals surface area contributed by atoms with Crippen LogP contribution in [-0.2, 0) is 6.42 Å². The fourth-order valence-electron chi connectivity index (χ4n) is 3.60. The van der Waals surface area contributed by atoms with E-state index in [-0.39, 0.29) is 11.9 Å². The molecule has 27 heavy (non-hydrogen) atoms. The first-order chi connectivity index (χ1) is 13.1. The molecule has 1 unspecified atom stereocenters. The van der Waals surface area contributed by atoms with Gasteiger partial charge in [-0.05, 0) is 62.2 Å². The number of nitrogens with one attached hydrogen (secondary N) is 1. The summed E-state index contributed by atoms with van der Waals surface area (Å²) in [7, 11) is 0. The zero-order valence-corrected chi connectivity index (χ0v) is 17.0. The Kier molecular flexibility index (Phi) is 7.57. The molecule has 0 saturated carbocycles. The van der Waals surface area contributed by atoms with E-state index in [2.05, 4.69) is 10.2 Å². The van der Waals surface area contributed by atoms with Crippen LogP contribution >= 0.6 is 23.2 Å². The van der Waals surface area contributed by atoms with Crippen LogP contribution in [0.1, 0.15) is 41.6 Å². The molecule has 1 heterocycles. The summed E-state index contributed by atoms with van der Waals surface area (Å²) in [5.74, 6) is -0.0320. The van der Waals surface area contributed by atoms with Crippen molar-refractivity contribution in [2.45, 2.75) is 38.1 Å². The maximum absolute atomic E-state index is 12.7. The van der Waals surface area contributed by atoms with Crippen molar-refractivity contribution in [1.82, 2.24) is 10.2 Å². The van der Waals surface area contributed by atoms with E-state index in [0.717, 1.165) is 31.6 Å². The van der Waals surface area contributed by atoms with Gasteiger partial charge in [-0.25, -0.2) is 0 Å². The third kappa shape index (κ3) is 6.24. The number of hydrogen-bond acceptors (Lipinski definition) is 2. The maximum Gasteiger partial charge on any atom is 0.251 e. The van der Waals surface area contributed by atoms with Crippen molar-refractivity contribution in [1.29, 1.82) is 0 Å². The van der Waals surface area contributed by atoms with Crippen LogP contribution in [0.15, 0.2) is 48.5 Å². The largest absolute Gasteiger partial charge is 0.348 e. The SMILES string of the molecule is O=C(NC(Cc1ccc(Cl)c(Cl)c1)CN1CCCCCC1)c1ccccc1. The molecule has 1 fully saturated rings. The molecular weight excluding hydrogens is 379 g/mol. The van der Waals surface area contributed by atoms with Crippen LogP contribution in [0.25, 0.3) is 0 Å². The zero-order valence-electron chi connectivity index (χ0n) is 15.5. The van der Waals surface area contributed by atoms with Crippen molar-refractivity contribution in [2.24, 2.45) is 0 Å². The molecular formula is C22H26Cl2N2O. The smallest absolute Gasteiger partial charge is 0.251 e. The van der Waals surface area contributed by atoms with Gasteiger partial charge in [0.25, 0.3) is 5.91 Å². The highest BCUT2D eigenvalue weighted by molar-refractivity contribution is 6.42. The summed E-state index contributed by atoms with van der Waals surface area (Å²) >= 11 is 12.2. The summed E-state index contributed by atoms with van der Waals surface area (Å²) in [6.45, 7) is 3.04. The van der Waals surface area contributed by atoms with Gasteiger partial charge in [-0.2, -0.15) is 0 Å². The first kappa shape index (κ1) is 20.2. The van der Waals surface area contributed by atoms with Gasteiger partial charge in [-0.1, -0.05) is 60.3 Å². The molecule has 0 aliphatic carbocycles. The van der Waals surface area contributed by atoms with Crippen molar-refractivity contribution >= 4 is 29.1 Å². The molecule has 1 saturated heterocycles. The number of halogens is 2. The van der Waals surface area contributed by atoms with Crippen LogP contribution in [0, 0.1) is 0 Å². The van der Waals surface area contributed by atoms with Crippen LogP contribution in [0.5, 0.6) is 0 Å². The average molecular weight is 405 g/mol. The van der Waals surface area contributed by atoms with Gasteiger partial charge in [0, 0.05) is 18.2 Å². The molecule has 144 valence electrons. The lowest BCUT2D eigenvalue weighted by Crippen LogP contribution is -2.45. The molecule has 0 spiro atoms. The fraction of sp³-hybridized carbons (Fsp3) is 0.409. The van der Waals surface area contributed by atoms with E-state index in [4.69, 9.17) is 23.2 Å². The molecule has 1 aliphatic heterocycles. The fourth-order valence-corrected chi connectivity index (χ4v) is 3.92. The molecule has 2 aromatic rings. The first-order valence-corrected chi connectivity index (χ1v) is 10.4. The third-order valence-corrected chi connectivity index (χ3v) is 5.75. The zero-order chi connectivity index (χ0) is 19.1. The van der Waals surface area contributed by atoms with Gasteiger partial charge in [0.2, 0.25) is 0 Å². The Bertz CT molecular complexity index is 743. The van der Waals surface area contributed by atoms with Crippen molar-refractivity contribution < 1.29 is 4.79 Å². The van der Waals surface area contributed by atoms with E-state index in [0.29, 0.717) is 15.6 Å². The molecule has 1 atom stereocenters. The van der Waals surface area contributed by atoms with Gasteiger partial charge in [-0.15, -0.1) is 0 Å². The molecule has 5 heteroatoms. The number of nitrogens with zero attached hydrogens (tertiary/aromatic N) is 1. The summed E-state index contributed by atoms with van der Waals surface area (Å²) in [6, 6.07) is 15.1.